The van der Waals surface area contributed by atoms with Gasteiger partial charge in [0.2, 0.25) is 0 Å². The zero-order chi connectivity index (χ0) is 18.1. The van der Waals surface area contributed by atoms with Crippen LogP contribution in [0, 0.1) is 0 Å². The van der Waals surface area contributed by atoms with Crippen molar-refractivity contribution in [3.8, 4) is 0 Å². The molecule has 134 valence electrons. The number of anilines is 1. The Bertz CT molecular complexity index is 914. The predicted molar refractivity (Wildman–Crippen MR) is 104 cm³/mol. The number of fused-ring (bicyclic) bond motifs is 1. The second-order valence-corrected chi connectivity index (χ2v) is 6.97. The number of carboxylic acid groups (broad SMARTS) is 1. The van der Waals surface area contributed by atoms with Crippen LogP contribution in [-0.4, -0.2) is 47.1 Å². The van der Waals surface area contributed by atoms with Crippen LogP contribution in [0.1, 0.15) is 11.6 Å². The molecular weight excluding hydrogens is 350 g/mol. The number of benzene rings is 2. The van der Waals surface area contributed by atoms with Gasteiger partial charge < -0.3 is 15.0 Å². The fourth-order valence-corrected chi connectivity index (χ4v) is 3.82. The Labute approximate surface area is 156 Å². The minimum absolute atomic E-state index is 0.640. The maximum Gasteiger partial charge on any atom is 0.325 e. The number of carboxylic acids is 1. The van der Waals surface area contributed by atoms with Gasteiger partial charge in [0.1, 0.15) is 6.04 Å². The third kappa shape index (κ3) is 3.16. The van der Waals surface area contributed by atoms with Crippen molar-refractivity contribution < 1.29 is 9.90 Å². The lowest BCUT2D eigenvalue weighted by Gasteiger charge is -2.38. The van der Waals surface area contributed by atoms with Crippen LogP contribution in [0.3, 0.4) is 0 Å². The van der Waals surface area contributed by atoms with E-state index in [0.717, 1.165) is 40.3 Å². The molecule has 2 aromatic carbocycles. The molecule has 1 atom stereocenters. The first kappa shape index (κ1) is 16.9. The van der Waals surface area contributed by atoms with Crippen LogP contribution in [0.4, 0.5) is 5.69 Å². The van der Waals surface area contributed by atoms with Gasteiger partial charge in [-0.1, -0.05) is 29.8 Å². The van der Waals surface area contributed by atoms with E-state index >= 15 is 0 Å². The number of nitrogens with one attached hydrogen (secondary N) is 1. The molecule has 2 N–H and O–H groups in total. The highest BCUT2D eigenvalue weighted by atomic mass is 35.5. The third-order valence-electron chi connectivity index (χ3n) is 5.02. The molecule has 26 heavy (non-hydrogen) atoms. The molecule has 0 saturated carbocycles. The van der Waals surface area contributed by atoms with Crippen LogP contribution in [-0.2, 0) is 4.79 Å². The lowest BCUT2D eigenvalue weighted by Crippen LogP contribution is -2.49. The van der Waals surface area contributed by atoms with E-state index in [2.05, 4.69) is 9.88 Å². The summed E-state index contributed by atoms with van der Waals surface area (Å²) in [5.41, 5.74) is 2.91. The van der Waals surface area contributed by atoms with Gasteiger partial charge in [0.15, 0.2) is 0 Å². The Kier molecular flexibility index (Phi) is 4.57. The number of hydrogen-bond donors (Lipinski definition) is 2. The number of nitrogens with zero attached hydrogens (tertiary/aromatic N) is 2. The number of hydrogen-bond acceptors (Lipinski definition) is 3. The number of carbonyl (C=O) groups is 1. The highest BCUT2D eigenvalue weighted by Gasteiger charge is 2.32. The molecule has 0 bridgehead atoms. The zero-order valence-corrected chi connectivity index (χ0v) is 15.0. The fourth-order valence-electron chi connectivity index (χ4n) is 3.70. The highest BCUT2D eigenvalue weighted by molar-refractivity contribution is 6.30. The van der Waals surface area contributed by atoms with Gasteiger partial charge in [0.05, 0.1) is 0 Å². The van der Waals surface area contributed by atoms with E-state index < -0.39 is 12.0 Å². The van der Waals surface area contributed by atoms with E-state index in [4.69, 9.17) is 11.6 Å². The largest absolute Gasteiger partial charge is 0.480 e. The molecule has 1 aromatic heterocycles. The lowest BCUT2D eigenvalue weighted by atomic mass is 10.0. The Morgan fingerprint density at radius 2 is 1.73 bits per heavy atom. The lowest BCUT2D eigenvalue weighted by molar-refractivity contribution is -0.143. The van der Waals surface area contributed by atoms with Crippen molar-refractivity contribution >= 4 is 34.2 Å². The molecule has 1 unspecified atom stereocenters. The van der Waals surface area contributed by atoms with Crippen LogP contribution in [0.15, 0.2) is 54.7 Å². The number of aromatic nitrogens is 1. The molecule has 3 aromatic rings. The van der Waals surface area contributed by atoms with Crippen LogP contribution >= 0.6 is 11.6 Å². The van der Waals surface area contributed by atoms with Gasteiger partial charge in [-0.15, -0.1) is 0 Å². The summed E-state index contributed by atoms with van der Waals surface area (Å²) < 4.78 is 0. The summed E-state index contributed by atoms with van der Waals surface area (Å²) in [4.78, 5) is 19.5. The smallest absolute Gasteiger partial charge is 0.325 e. The monoisotopic (exact) mass is 369 g/mol. The van der Waals surface area contributed by atoms with E-state index in [1.54, 1.807) is 0 Å². The molecule has 1 aliphatic heterocycles. The number of rotatable bonds is 4. The average Bonchev–Trinajstić information content (AvgIpc) is 3.07. The molecular formula is C20H20ClN3O2. The van der Waals surface area contributed by atoms with Crippen molar-refractivity contribution in [2.24, 2.45) is 0 Å². The van der Waals surface area contributed by atoms with Crippen molar-refractivity contribution in [1.29, 1.82) is 0 Å². The normalized spacial score (nSPS) is 16.7. The number of aliphatic carboxylic acids is 1. The molecule has 0 aliphatic carbocycles. The van der Waals surface area contributed by atoms with Crippen LogP contribution in [0.2, 0.25) is 5.02 Å². The van der Waals surface area contributed by atoms with Crippen molar-refractivity contribution in [3.63, 3.8) is 0 Å². The van der Waals surface area contributed by atoms with Crippen molar-refractivity contribution in [2.45, 2.75) is 6.04 Å². The number of para-hydroxylation sites is 1. The maximum absolute atomic E-state index is 12.0. The minimum Gasteiger partial charge on any atom is -0.480 e. The highest BCUT2D eigenvalue weighted by Crippen LogP contribution is 2.30. The SMILES string of the molecule is O=C(O)C(c1c[nH]c2ccccc12)N1CCN(c2ccc(Cl)cc2)CC1. The summed E-state index contributed by atoms with van der Waals surface area (Å²) >= 11 is 5.96. The predicted octanol–water partition coefficient (Wildman–Crippen LogP) is 3.77. The van der Waals surface area contributed by atoms with E-state index in [-0.39, 0.29) is 0 Å². The molecule has 0 spiro atoms. The summed E-state index contributed by atoms with van der Waals surface area (Å²) in [6.45, 7) is 2.96. The second kappa shape index (κ2) is 7.02. The standard InChI is InChI=1S/C20H20ClN3O2/c21-14-5-7-15(8-6-14)23-9-11-24(12-10-23)19(20(25)26)17-13-22-18-4-2-1-3-16(17)18/h1-8,13,19,22H,9-12H2,(H,25,26). The van der Waals surface area contributed by atoms with Crippen molar-refractivity contribution in [3.05, 3.63) is 65.3 Å². The van der Waals surface area contributed by atoms with Gasteiger partial charge in [-0.3, -0.25) is 9.69 Å². The summed E-state index contributed by atoms with van der Waals surface area (Å²) in [6, 6.07) is 15.0. The topological polar surface area (TPSA) is 59.6 Å². The Balaban J connectivity index is 1.54. The summed E-state index contributed by atoms with van der Waals surface area (Å²) in [5, 5.41) is 11.6. The summed E-state index contributed by atoms with van der Waals surface area (Å²) in [7, 11) is 0. The number of piperazine rings is 1. The Morgan fingerprint density at radius 1 is 1.04 bits per heavy atom. The molecule has 1 saturated heterocycles. The first-order chi connectivity index (χ1) is 12.6. The van der Waals surface area contributed by atoms with Gasteiger partial charge in [0.25, 0.3) is 0 Å². The van der Waals surface area contributed by atoms with Gasteiger partial charge in [-0.2, -0.15) is 0 Å². The summed E-state index contributed by atoms with van der Waals surface area (Å²) in [5.74, 6) is -0.810. The minimum atomic E-state index is -0.810. The van der Waals surface area contributed by atoms with Gasteiger partial charge in [0, 0.05) is 59.6 Å². The van der Waals surface area contributed by atoms with Crippen LogP contribution in [0.25, 0.3) is 10.9 Å². The molecule has 0 radical (unpaired) electrons. The quantitative estimate of drug-likeness (QED) is 0.735. The fraction of sp³-hybridized carbons (Fsp3) is 0.250. The molecule has 1 fully saturated rings. The van der Waals surface area contributed by atoms with E-state index in [1.165, 1.54) is 0 Å². The second-order valence-electron chi connectivity index (χ2n) is 6.53. The number of H-pyrrole nitrogens is 1. The Morgan fingerprint density at radius 3 is 2.42 bits per heavy atom. The third-order valence-corrected chi connectivity index (χ3v) is 5.27. The number of aromatic amines is 1. The average molecular weight is 370 g/mol. The molecule has 1 aliphatic rings. The molecule has 6 heteroatoms. The van der Waals surface area contributed by atoms with E-state index in [9.17, 15) is 9.90 Å². The molecule has 5 nitrogen and oxygen atoms in total. The van der Waals surface area contributed by atoms with Gasteiger partial charge in [-0.25, -0.2) is 0 Å². The van der Waals surface area contributed by atoms with Crippen molar-refractivity contribution in [2.75, 3.05) is 31.1 Å². The van der Waals surface area contributed by atoms with E-state index in [0.29, 0.717) is 13.1 Å². The molecule has 2 heterocycles. The Hall–Kier alpha value is -2.50. The van der Waals surface area contributed by atoms with Crippen LogP contribution in [0.5, 0.6) is 0 Å². The number of halogens is 1. The zero-order valence-electron chi connectivity index (χ0n) is 14.2. The molecule has 4 rings (SSSR count). The molecule has 0 amide bonds. The van der Waals surface area contributed by atoms with Crippen LogP contribution < -0.4 is 4.90 Å². The first-order valence-corrected chi connectivity index (χ1v) is 9.04. The summed E-state index contributed by atoms with van der Waals surface area (Å²) in [6.07, 6.45) is 1.83. The first-order valence-electron chi connectivity index (χ1n) is 8.67. The maximum atomic E-state index is 12.0. The van der Waals surface area contributed by atoms with Gasteiger partial charge in [-0.05, 0) is 30.3 Å². The van der Waals surface area contributed by atoms with Crippen molar-refractivity contribution in [1.82, 2.24) is 9.88 Å². The van der Waals surface area contributed by atoms with E-state index in [1.807, 2.05) is 59.6 Å². The van der Waals surface area contributed by atoms with Gasteiger partial charge >= 0.3 is 5.97 Å².